The number of hydrogen-bond donors (Lipinski definition) is 1. The van der Waals surface area contributed by atoms with Crippen LogP contribution >= 0.6 is 23.2 Å². The van der Waals surface area contributed by atoms with Crippen molar-refractivity contribution in [1.29, 1.82) is 0 Å². The Morgan fingerprint density at radius 1 is 1.05 bits per heavy atom. The number of nitrogens with two attached hydrogens (primary N) is 1. The molecule has 0 saturated carbocycles. The van der Waals surface area contributed by atoms with E-state index < -0.39 is 0 Å². The van der Waals surface area contributed by atoms with E-state index in [-0.39, 0.29) is 0 Å². The average molecular weight is 312 g/mol. The lowest BCUT2D eigenvalue weighted by Gasteiger charge is -2.14. The van der Waals surface area contributed by atoms with Gasteiger partial charge in [-0.1, -0.05) is 36.2 Å². The number of aryl methyl sites for hydroxylation is 1. The highest BCUT2D eigenvalue weighted by molar-refractivity contribution is 6.37. The first-order valence-electron chi connectivity index (χ1n) is 6.14. The van der Waals surface area contributed by atoms with E-state index >= 15 is 0 Å². The number of halogens is 2. The Labute approximate surface area is 128 Å². The SMILES string of the molecule is CCc1ccc(Oc2c(Cl)cc(N)cc2Cl)c(OC)c1. The largest absolute Gasteiger partial charge is 0.493 e. The van der Waals surface area contributed by atoms with Gasteiger partial charge in [-0.3, -0.25) is 0 Å². The van der Waals surface area contributed by atoms with Gasteiger partial charge in [-0.25, -0.2) is 0 Å². The van der Waals surface area contributed by atoms with Gasteiger partial charge in [0.15, 0.2) is 17.2 Å². The third-order valence-electron chi connectivity index (χ3n) is 2.87. The van der Waals surface area contributed by atoms with E-state index in [4.69, 9.17) is 38.4 Å². The maximum absolute atomic E-state index is 6.11. The lowest BCUT2D eigenvalue weighted by atomic mass is 10.1. The summed E-state index contributed by atoms with van der Waals surface area (Å²) in [6.07, 6.45) is 0.917. The molecule has 0 unspecified atom stereocenters. The highest BCUT2D eigenvalue weighted by Gasteiger charge is 2.13. The van der Waals surface area contributed by atoms with Crippen molar-refractivity contribution < 1.29 is 9.47 Å². The summed E-state index contributed by atoms with van der Waals surface area (Å²) in [4.78, 5) is 0. The molecule has 2 rings (SSSR count). The molecule has 3 nitrogen and oxygen atoms in total. The van der Waals surface area contributed by atoms with Crippen LogP contribution in [-0.2, 0) is 6.42 Å². The molecule has 2 N–H and O–H groups in total. The Morgan fingerprint density at radius 3 is 2.25 bits per heavy atom. The number of methoxy groups -OCH3 is 1. The van der Waals surface area contributed by atoms with Crippen LogP contribution in [0.1, 0.15) is 12.5 Å². The summed E-state index contributed by atoms with van der Waals surface area (Å²) >= 11 is 12.2. The topological polar surface area (TPSA) is 44.5 Å². The molecule has 0 aliphatic carbocycles. The molecule has 0 amide bonds. The van der Waals surface area contributed by atoms with Crippen LogP contribution in [0.25, 0.3) is 0 Å². The minimum Gasteiger partial charge on any atom is -0.493 e. The molecular weight excluding hydrogens is 297 g/mol. The van der Waals surface area contributed by atoms with E-state index in [0.717, 1.165) is 12.0 Å². The molecule has 0 atom stereocenters. The van der Waals surface area contributed by atoms with Crippen molar-refractivity contribution in [3.63, 3.8) is 0 Å². The van der Waals surface area contributed by atoms with E-state index in [1.165, 1.54) is 0 Å². The standard InChI is InChI=1S/C15H15Cl2NO2/c1-3-9-4-5-13(14(6-9)19-2)20-15-11(16)7-10(18)8-12(15)17/h4-8H,3,18H2,1-2H3. The van der Waals surface area contributed by atoms with Crippen molar-refractivity contribution in [3.05, 3.63) is 45.9 Å². The molecule has 0 radical (unpaired) electrons. The Morgan fingerprint density at radius 2 is 1.70 bits per heavy atom. The van der Waals surface area contributed by atoms with E-state index in [9.17, 15) is 0 Å². The minimum absolute atomic E-state index is 0.358. The Hall–Kier alpha value is -1.58. The third-order valence-corrected chi connectivity index (χ3v) is 3.43. The maximum atomic E-state index is 6.11. The van der Waals surface area contributed by atoms with Crippen LogP contribution < -0.4 is 15.2 Å². The number of hydrogen-bond acceptors (Lipinski definition) is 3. The second kappa shape index (κ2) is 6.25. The van der Waals surface area contributed by atoms with E-state index in [0.29, 0.717) is 33.0 Å². The van der Waals surface area contributed by atoms with Crippen LogP contribution in [0.2, 0.25) is 10.0 Å². The number of benzene rings is 2. The van der Waals surface area contributed by atoms with Gasteiger partial charge >= 0.3 is 0 Å². The molecule has 106 valence electrons. The molecule has 2 aromatic carbocycles. The second-order valence-corrected chi connectivity index (χ2v) is 5.07. The zero-order chi connectivity index (χ0) is 14.7. The van der Waals surface area contributed by atoms with Crippen molar-refractivity contribution in [2.24, 2.45) is 0 Å². The fourth-order valence-electron chi connectivity index (χ4n) is 1.80. The first-order valence-corrected chi connectivity index (χ1v) is 6.90. The first-order chi connectivity index (χ1) is 9.55. The van der Waals surface area contributed by atoms with E-state index in [1.54, 1.807) is 19.2 Å². The molecule has 2 aromatic rings. The summed E-state index contributed by atoms with van der Waals surface area (Å²) in [6, 6.07) is 8.91. The summed E-state index contributed by atoms with van der Waals surface area (Å²) in [6.45, 7) is 2.07. The van der Waals surface area contributed by atoms with Gasteiger partial charge in [-0.05, 0) is 36.2 Å². The first kappa shape index (κ1) is 14.8. The van der Waals surface area contributed by atoms with Gasteiger partial charge in [0.1, 0.15) is 0 Å². The van der Waals surface area contributed by atoms with Crippen LogP contribution in [-0.4, -0.2) is 7.11 Å². The van der Waals surface area contributed by atoms with Crippen molar-refractivity contribution in [1.82, 2.24) is 0 Å². The Bertz CT molecular complexity index is 606. The number of anilines is 1. The molecule has 0 fully saturated rings. The molecule has 0 heterocycles. The highest BCUT2D eigenvalue weighted by atomic mass is 35.5. The summed E-state index contributed by atoms with van der Waals surface area (Å²) in [5.41, 5.74) is 7.31. The molecule has 20 heavy (non-hydrogen) atoms. The quantitative estimate of drug-likeness (QED) is 0.813. The number of ether oxygens (including phenoxy) is 2. The zero-order valence-corrected chi connectivity index (χ0v) is 12.8. The van der Waals surface area contributed by atoms with Crippen molar-refractivity contribution >= 4 is 28.9 Å². The summed E-state index contributed by atoms with van der Waals surface area (Å²) in [5, 5.41) is 0.716. The number of nitrogen functional groups attached to an aromatic ring is 1. The minimum atomic E-state index is 0.358. The third kappa shape index (κ3) is 3.11. The van der Waals surface area contributed by atoms with Crippen molar-refractivity contribution in [2.45, 2.75) is 13.3 Å². The molecule has 0 spiro atoms. The monoisotopic (exact) mass is 311 g/mol. The molecule has 0 aliphatic heterocycles. The van der Waals surface area contributed by atoms with Crippen molar-refractivity contribution in [3.8, 4) is 17.2 Å². The normalized spacial score (nSPS) is 10.4. The van der Waals surface area contributed by atoms with Crippen molar-refractivity contribution in [2.75, 3.05) is 12.8 Å². The van der Waals surface area contributed by atoms with Gasteiger partial charge in [-0.15, -0.1) is 0 Å². The molecule has 0 aromatic heterocycles. The smallest absolute Gasteiger partial charge is 0.169 e. The predicted molar refractivity (Wildman–Crippen MR) is 83.3 cm³/mol. The molecule has 0 bridgehead atoms. The molecule has 5 heteroatoms. The van der Waals surface area contributed by atoms with E-state index in [1.807, 2.05) is 18.2 Å². The zero-order valence-electron chi connectivity index (χ0n) is 11.2. The van der Waals surface area contributed by atoms with Crippen LogP contribution in [0, 0.1) is 0 Å². The Kier molecular flexibility index (Phi) is 4.63. The van der Waals surface area contributed by atoms with Crippen LogP contribution in [0.15, 0.2) is 30.3 Å². The molecule has 0 aliphatic rings. The number of rotatable bonds is 4. The maximum Gasteiger partial charge on any atom is 0.169 e. The summed E-state index contributed by atoms with van der Waals surface area (Å²) in [7, 11) is 1.59. The molecular formula is C15H15Cl2NO2. The van der Waals surface area contributed by atoms with E-state index in [2.05, 4.69) is 6.92 Å². The lowest BCUT2D eigenvalue weighted by Crippen LogP contribution is -1.94. The van der Waals surface area contributed by atoms with Crippen LogP contribution in [0.3, 0.4) is 0 Å². The van der Waals surface area contributed by atoms with Gasteiger partial charge < -0.3 is 15.2 Å². The summed E-state index contributed by atoms with van der Waals surface area (Å²) < 4.78 is 11.1. The fourth-order valence-corrected chi connectivity index (χ4v) is 2.38. The highest BCUT2D eigenvalue weighted by Crippen LogP contribution is 2.41. The fraction of sp³-hybridized carbons (Fsp3) is 0.200. The van der Waals surface area contributed by atoms with Gasteiger partial charge in [0.05, 0.1) is 17.2 Å². The lowest BCUT2D eigenvalue weighted by molar-refractivity contribution is 0.378. The van der Waals surface area contributed by atoms with Gasteiger partial charge in [0, 0.05) is 5.69 Å². The van der Waals surface area contributed by atoms with Crippen LogP contribution in [0.5, 0.6) is 17.2 Å². The molecule has 0 saturated heterocycles. The summed E-state index contributed by atoms with van der Waals surface area (Å²) in [5.74, 6) is 1.55. The van der Waals surface area contributed by atoms with Gasteiger partial charge in [-0.2, -0.15) is 0 Å². The predicted octanol–water partition coefficient (Wildman–Crippen LogP) is 4.94. The van der Waals surface area contributed by atoms with Crippen LogP contribution in [0.4, 0.5) is 5.69 Å². The average Bonchev–Trinajstić information content (AvgIpc) is 2.42. The second-order valence-electron chi connectivity index (χ2n) is 4.25. The van der Waals surface area contributed by atoms with Gasteiger partial charge in [0.2, 0.25) is 0 Å². The Balaban J connectivity index is 2.40. The van der Waals surface area contributed by atoms with Gasteiger partial charge in [0.25, 0.3) is 0 Å².